The Hall–Kier alpha value is -1.22. The van der Waals surface area contributed by atoms with Crippen LogP contribution in [0.3, 0.4) is 0 Å². The van der Waals surface area contributed by atoms with Gasteiger partial charge in [-0.1, -0.05) is 13.8 Å². The number of aliphatic carboxylic acids is 1. The number of carbonyl (C=O) groups is 2. The zero-order valence-electron chi connectivity index (χ0n) is 10.8. The van der Waals surface area contributed by atoms with E-state index in [1.165, 1.54) is 11.8 Å². The van der Waals surface area contributed by atoms with Gasteiger partial charge in [0.25, 0.3) is 0 Å². The molecule has 6 heteroatoms. The molecule has 0 saturated heterocycles. The lowest BCUT2D eigenvalue weighted by Crippen LogP contribution is -2.32. The molecule has 0 aliphatic rings. The molecule has 1 atom stereocenters. The maximum atomic E-state index is 11.4. The van der Waals surface area contributed by atoms with Crippen LogP contribution in [-0.2, 0) is 9.59 Å². The van der Waals surface area contributed by atoms with Crippen molar-refractivity contribution >= 4 is 23.6 Å². The molecule has 0 aromatic heterocycles. The maximum Gasteiger partial charge on any atom is 0.303 e. The molecule has 0 unspecified atom stereocenters. The van der Waals surface area contributed by atoms with Crippen LogP contribution in [0.4, 0.5) is 0 Å². The van der Waals surface area contributed by atoms with Crippen LogP contribution in [-0.4, -0.2) is 35.0 Å². The SMILES string of the molecule is CC(C)C[C@H](CNC(=O)CSCC#N)CC(=O)O. The summed E-state index contributed by atoms with van der Waals surface area (Å²) in [7, 11) is 0. The number of carbonyl (C=O) groups excluding carboxylic acids is 1. The molecule has 102 valence electrons. The van der Waals surface area contributed by atoms with Gasteiger partial charge in [-0.15, -0.1) is 11.8 Å². The highest BCUT2D eigenvalue weighted by molar-refractivity contribution is 8.00. The average molecular weight is 272 g/mol. The second-order valence-corrected chi connectivity index (χ2v) is 5.53. The molecule has 0 heterocycles. The Morgan fingerprint density at radius 1 is 1.44 bits per heavy atom. The molecule has 1 amide bonds. The van der Waals surface area contributed by atoms with E-state index in [1.54, 1.807) is 0 Å². The van der Waals surface area contributed by atoms with Crippen molar-refractivity contribution in [3.8, 4) is 6.07 Å². The number of amides is 1. The molecule has 0 aromatic rings. The molecule has 0 rings (SSSR count). The van der Waals surface area contributed by atoms with Crippen molar-refractivity contribution in [1.29, 1.82) is 5.26 Å². The van der Waals surface area contributed by atoms with Crippen molar-refractivity contribution < 1.29 is 14.7 Å². The molecule has 18 heavy (non-hydrogen) atoms. The van der Waals surface area contributed by atoms with Crippen molar-refractivity contribution in [2.24, 2.45) is 11.8 Å². The van der Waals surface area contributed by atoms with Crippen LogP contribution < -0.4 is 5.32 Å². The van der Waals surface area contributed by atoms with Gasteiger partial charge in [-0.05, 0) is 18.3 Å². The number of hydrogen-bond acceptors (Lipinski definition) is 4. The van der Waals surface area contributed by atoms with Crippen LogP contribution >= 0.6 is 11.8 Å². The van der Waals surface area contributed by atoms with Crippen LogP contribution in [0.1, 0.15) is 26.7 Å². The third-order valence-electron chi connectivity index (χ3n) is 2.26. The Morgan fingerprint density at radius 2 is 2.11 bits per heavy atom. The highest BCUT2D eigenvalue weighted by Crippen LogP contribution is 2.14. The Balaban J connectivity index is 3.97. The van der Waals surface area contributed by atoms with E-state index in [2.05, 4.69) is 5.32 Å². The molecule has 0 aliphatic carbocycles. The van der Waals surface area contributed by atoms with E-state index in [4.69, 9.17) is 10.4 Å². The predicted octanol–water partition coefficient (Wildman–Crippen LogP) is 1.50. The first-order chi connectivity index (χ1) is 8.45. The van der Waals surface area contributed by atoms with Crippen LogP contribution in [0.15, 0.2) is 0 Å². The number of thioether (sulfide) groups is 1. The highest BCUT2D eigenvalue weighted by Gasteiger charge is 2.15. The van der Waals surface area contributed by atoms with Crippen molar-refractivity contribution in [1.82, 2.24) is 5.32 Å². The van der Waals surface area contributed by atoms with Gasteiger partial charge in [0.2, 0.25) is 5.91 Å². The van der Waals surface area contributed by atoms with E-state index in [1.807, 2.05) is 19.9 Å². The summed E-state index contributed by atoms with van der Waals surface area (Å²) in [5, 5.41) is 19.8. The van der Waals surface area contributed by atoms with Gasteiger partial charge < -0.3 is 10.4 Å². The second kappa shape index (κ2) is 9.77. The molecule has 0 aliphatic heterocycles. The lowest BCUT2D eigenvalue weighted by Gasteiger charge is -2.17. The standard InChI is InChI=1S/C12H20N2O3S/c1-9(2)5-10(6-12(16)17)7-14-11(15)8-18-4-3-13/h9-10H,4-8H2,1-2H3,(H,14,15)(H,16,17)/t10-/m0/s1. The third kappa shape index (κ3) is 9.97. The minimum absolute atomic E-state index is 0.0348. The molecular formula is C12H20N2O3S. The Morgan fingerprint density at radius 3 is 2.61 bits per heavy atom. The zero-order chi connectivity index (χ0) is 14.0. The van der Waals surface area contributed by atoms with E-state index in [0.717, 1.165) is 6.42 Å². The summed E-state index contributed by atoms with van der Waals surface area (Å²) in [5.41, 5.74) is 0. The minimum atomic E-state index is -0.839. The molecule has 5 nitrogen and oxygen atoms in total. The zero-order valence-corrected chi connectivity index (χ0v) is 11.6. The Labute approximate surface area is 112 Å². The van der Waals surface area contributed by atoms with Gasteiger partial charge in [-0.25, -0.2) is 0 Å². The van der Waals surface area contributed by atoms with Gasteiger partial charge in [0.05, 0.1) is 17.6 Å². The Bertz CT molecular complexity index is 313. The van der Waals surface area contributed by atoms with E-state index < -0.39 is 5.97 Å². The first-order valence-corrected chi connectivity index (χ1v) is 7.04. The first kappa shape index (κ1) is 16.8. The van der Waals surface area contributed by atoms with Gasteiger partial charge in [0, 0.05) is 13.0 Å². The molecule has 2 N–H and O–H groups in total. The number of hydrogen-bond donors (Lipinski definition) is 2. The molecule has 0 spiro atoms. The van der Waals surface area contributed by atoms with Crippen molar-refractivity contribution in [3.63, 3.8) is 0 Å². The van der Waals surface area contributed by atoms with E-state index in [0.29, 0.717) is 12.5 Å². The van der Waals surface area contributed by atoms with E-state index >= 15 is 0 Å². The van der Waals surface area contributed by atoms with E-state index in [9.17, 15) is 9.59 Å². The summed E-state index contributed by atoms with van der Waals surface area (Å²) >= 11 is 1.25. The summed E-state index contributed by atoms with van der Waals surface area (Å²) in [6.45, 7) is 4.44. The van der Waals surface area contributed by atoms with E-state index in [-0.39, 0.29) is 29.8 Å². The van der Waals surface area contributed by atoms with Gasteiger partial charge >= 0.3 is 5.97 Å². The normalized spacial score (nSPS) is 11.9. The lowest BCUT2D eigenvalue weighted by molar-refractivity contribution is -0.138. The highest BCUT2D eigenvalue weighted by atomic mass is 32.2. The molecule has 0 bridgehead atoms. The Kier molecular flexibility index (Phi) is 9.11. The number of nitriles is 1. The number of nitrogens with one attached hydrogen (secondary N) is 1. The molecule has 0 aromatic carbocycles. The number of carboxylic acid groups (broad SMARTS) is 1. The second-order valence-electron chi connectivity index (χ2n) is 4.55. The quantitative estimate of drug-likeness (QED) is 0.621. The summed E-state index contributed by atoms with van der Waals surface area (Å²) in [4.78, 5) is 22.1. The minimum Gasteiger partial charge on any atom is -0.481 e. The monoisotopic (exact) mass is 272 g/mol. The van der Waals surface area contributed by atoms with Gasteiger partial charge in [0.15, 0.2) is 0 Å². The van der Waals surface area contributed by atoms with Crippen LogP contribution in [0.2, 0.25) is 0 Å². The van der Waals surface area contributed by atoms with Crippen molar-refractivity contribution in [3.05, 3.63) is 0 Å². The lowest BCUT2D eigenvalue weighted by atomic mass is 9.94. The third-order valence-corrected chi connectivity index (χ3v) is 3.06. The van der Waals surface area contributed by atoms with Gasteiger partial charge in [0.1, 0.15) is 0 Å². The van der Waals surface area contributed by atoms with Crippen LogP contribution in [0.5, 0.6) is 0 Å². The number of nitrogens with zero attached hydrogens (tertiary/aromatic N) is 1. The average Bonchev–Trinajstić information content (AvgIpc) is 2.25. The van der Waals surface area contributed by atoms with Crippen LogP contribution in [0, 0.1) is 23.2 Å². The fraction of sp³-hybridized carbons (Fsp3) is 0.750. The summed E-state index contributed by atoms with van der Waals surface area (Å²) in [6, 6.07) is 1.95. The summed E-state index contributed by atoms with van der Waals surface area (Å²) in [5.74, 6) is -0.0812. The largest absolute Gasteiger partial charge is 0.481 e. The molecular weight excluding hydrogens is 252 g/mol. The number of rotatable bonds is 9. The fourth-order valence-electron chi connectivity index (χ4n) is 1.65. The molecule has 0 radical (unpaired) electrons. The van der Waals surface area contributed by atoms with Gasteiger partial charge in [-0.2, -0.15) is 5.26 Å². The predicted molar refractivity (Wildman–Crippen MR) is 71.1 cm³/mol. The fourth-order valence-corrected chi connectivity index (χ4v) is 2.13. The van der Waals surface area contributed by atoms with Crippen LogP contribution in [0.25, 0.3) is 0 Å². The number of carboxylic acids is 1. The topological polar surface area (TPSA) is 90.2 Å². The van der Waals surface area contributed by atoms with Gasteiger partial charge in [-0.3, -0.25) is 9.59 Å². The molecule has 0 fully saturated rings. The summed E-state index contributed by atoms with van der Waals surface area (Å²) < 4.78 is 0. The van der Waals surface area contributed by atoms with Crippen molar-refractivity contribution in [2.75, 3.05) is 18.1 Å². The molecule has 0 saturated carbocycles. The summed E-state index contributed by atoms with van der Waals surface area (Å²) in [6.07, 6.45) is 0.849. The maximum absolute atomic E-state index is 11.4. The van der Waals surface area contributed by atoms with Crippen molar-refractivity contribution in [2.45, 2.75) is 26.7 Å². The first-order valence-electron chi connectivity index (χ1n) is 5.88. The smallest absolute Gasteiger partial charge is 0.303 e.